The number of aromatic nitrogens is 1. The summed E-state index contributed by atoms with van der Waals surface area (Å²) in [7, 11) is 3.07. The minimum absolute atomic E-state index is 0.0102. The predicted octanol–water partition coefficient (Wildman–Crippen LogP) is 2.04. The number of amides is 4. The van der Waals surface area contributed by atoms with Crippen LogP contribution in [0.5, 0.6) is 11.5 Å². The molecule has 31 heavy (non-hydrogen) atoms. The molecule has 2 aromatic rings. The third-order valence-corrected chi connectivity index (χ3v) is 5.59. The fraction of sp³-hybridized carbons (Fsp3) is 0.400. The van der Waals surface area contributed by atoms with Gasteiger partial charge in [-0.2, -0.15) is 0 Å². The number of ether oxygens (including phenoxy) is 2. The molecule has 1 aliphatic rings. The third kappa shape index (κ3) is 5.85. The number of benzene rings is 1. The number of nitrogens with one attached hydrogen (secondary N) is 2. The number of nitrogens with zero attached hydrogens (tertiary/aromatic N) is 3. The monoisotopic (exact) mass is 447 g/mol. The molecule has 0 aliphatic carbocycles. The van der Waals surface area contributed by atoms with Crippen LogP contribution in [0, 0.1) is 0 Å². The van der Waals surface area contributed by atoms with Crippen molar-refractivity contribution in [1.82, 2.24) is 14.8 Å². The van der Waals surface area contributed by atoms with Crippen molar-refractivity contribution >= 4 is 40.0 Å². The first-order valence-electron chi connectivity index (χ1n) is 9.67. The Hall–Kier alpha value is -3.34. The van der Waals surface area contributed by atoms with Crippen molar-refractivity contribution in [2.45, 2.75) is 13.3 Å². The quantitative estimate of drug-likeness (QED) is 0.701. The van der Waals surface area contributed by atoms with E-state index < -0.39 is 0 Å². The molecule has 1 saturated heterocycles. The van der Waals surface area contributed by atoms with Crippen LogP contribution in [-0.4, -0.2) is 73.0 Å². The van der Waals surface area contributed by atoms with Crippen LogP contribution in [0.25, 0.3) is 0 Å². The topological polar surface area (TPSA) is 113 Å². The van der Waals surface area contributed by atoms with Crippen LogP contribution in [0.3, 0.4) is 0 Å². The van der Waals surface area contributed by atoms with E-state index in [0.717, 1.165) is 0 Å². The Kier molecular flexibility index (Phi) is 7.29. The van der Waals surface area contributed by atoms with E-state index in [2.05, 4.69) is 15.6 Å². The van der Waals surface area contributed by atoms with Gasteiger partial charge >= 0.3 is 6.03 Å². The summed E-state index contributed by atoms with van der Waals surface area (Å²) >= 11 is 1.26. The Morgan fingerprint density at radius 3 is 2.35 bits per heavy atom. The molecule has 3 rings (SSSR count). The average Bonchev–Trinajstić information content (AvgIpc) is 3.19. The maximum Gasteiger partial charge on any atom is 0.323 e. The zero-order chi connectivity index (χ0) is 22.4. The Morgan fingerprint density at radius 1 is 1.03 bits per heavy atom. The minimum Gasteiger partial charge on any atom is -0.493 e. The van der Waals surface area contributed by atoms with Gasteiger partial charge in [-0.1, -0.05) is 0 Å². The van der Waals surface area contributed by atoms with Gasteiger partial charge in [-0.15, -0.1) is 11.3 Å². The fourth-order valence-corrected chi connectivity index (χ4v) is 3.82. The lowest BCUT2D eigenvalue weighted by atomic mass is 10.2. The van der Waals surface area contributed by atoms with E-state index in [-0.39, 0.29) is 24.3 Å². The summed E-state index contributed by atoms with van der Waals surface area (Å²) in [6.45, 7) is 3.49. The van der Waals surface area contributed by atoms with Crippen LogP contribution in [0.15, 0.2) is 23.6 Å². The summed E-state index contributed by atoms with van der Waals surface area (Å²) in [5.41, 5.74) is 1.13. The van der Waals surface area contributed by atoms with Crippen molar-refractivity contribution in [2.24, 2.45) is 0 Å². The highest BCUT2D eigenvalue weighted by atomic mass is 32.1. The van der Waals surface area contributed by atoms with E-state index in [4.69, 9.17) is 9.47 Å². The van der Waals surface area contributed by atoms with E-state index in [9.17, 15) is 14.4 Å². The van der Waals surface area contributed by atoms with Gasteiger partial charge in [0.1, 0.15) is 0 Å². The highest BCUT2D eigenvalue weighted by molar-refractivity contribution is 7.13. The van der Waals surface area contributed by atoms with Gasteiger partial charge in [-0.3, -0.25) is 14.9 Å². The Labute approximate surface area is 184 Å². The number of rotatable bonds is 6. The molecule has 10 nitrogen and oxygen atoms in total. The molecular formula is C20H25N5O5S. The molecule has 0 unspecified atom stereocenters. The van der Waals surface area contributed by atoms with Crippen molar-refractivity contribution in [3.63, 3.8) is 0 Å². The molecule has 0 saturated carbocycles. The van der Waals surface area contributed by atoms with Gasteiger partial charge in [-0.25, -0.2) is 9.78 Å². The molecule has 2 heterocycles. The van der Waals surface area contributed by atoms with E-state index in [1.54, 1.807) is 40.5 Å². The average molecular weight is 448 g/mol. The lowest BCUT2D eigenvalue weighted by Crippen LogP contribution is -2.51. The third-order valence-electron chi connectivity index (χ3n) is 4.79. The van der Waals surface area contributed by atoms with Gasteiger partial charge in [-0.05, 0) is 12.1 Å². The van der Waals surface area contributed by atoms with Crippen molar-refractivity contribution < 1.29 is 23.9 Å². The Balaban J connectivity index is 1.51. The summed E-state index contributed by atoms with van der Waals surface area (Å²) in [4.78, 5) is 43.8. The second-order valence-electron chi connectivity index (χ2n) is 6.86. The lowest BCUT2D eigenvalue weighted by molar-refractivity contribution is -0.130. The number of anilines is 2. The smallest absolute Gasteiger partial charge is 0.323 e. The first-order chi connectivity index (χ1) is 14.9. The van der Waals surface area contributed by atoms with Crippen molar-refractivity contribution in [1.29, 1.82) is 0 Å². The molecule has 2 N–H and O–H groups in total. The van der Waals surface area contributed by atoms with Crippen LogP contribution in [0.2, 0.25) is 0 Å². The Bertz CT molecular complexity index is 955. The summed E-state index contributed by atoms with van der Waals surface area (Å²) in [6, 6.07) is 4.84. The van der Waals surface area contributed by atoms with Gasteiger partial charge in [0, 0.05) is 50.2 Å². The number of carbonyl (C=O) groups is 3. The highest BCUT2D eigenvalue weighted by Crippen LogP contribution is 2.29. The summed E-state index contributed by atoms with van der Waals surface area (Å²) in [5.74, 6) is 0.859. The Morgan fingerprint density at radius 2 is 1.71 bits per heavy atom. The predicted molar refractivity (Wildman–Crippen MR) is 117 cm³/mol. The molecule has 11 heteroatoms. The van der Waals surface area contributed by atoms with Crippen molar-refractivity contribution in [3.05, 3.63) is 29.3 Å². The van der Waals surface area contributed by atoms with Crippen LogP contribution >= 0.6 is 11.3 Å². The molecular weight excluding hydrogens is 422 g/mol. The zero-order valence-corrected chi connectivity index (χ0v) is 18.5. The molecule has 0 atom stereocenters. The molecule has 0 radical (unpaired) electrons. The second-order valence-corrected chi connectivity index (χ2v) is 7.72. The lowest BCUT2D eigenvalue weighted by Gasteiger charge is -2.33. The van der Waals surface area contributed by atoms with Crippen LogP contribution < -0.4 is 20.1 Å². The minimum atomic E-state index is -0.265. The number of hydrogen-bond donors (Lipinski definition) is 2. The SMILES string of the molecule is COc1ccc(NC(=O)Cc2csc(NC(=O)N3CCN(C(C)=O)CC3)n2)cc1OC. The summed E-state index contributed by atoms with van der Waals surface area (Å²) in [5, 5.41) is 7.71. The van der Waals surface area contributed by atoms with Gasteiger partial charge in [0.05, 0.1) is 26.3 Å². The van der Waals surface area contributed by atoms with Crippen molar-refractivity contribution in [2.75, 3.05) is 51.0 Å². The van der Waals surface area contributed by atoms with Gasteiger partial charge < -0.3 is 24.6 Å². The molecule has 1 fully saturated rings. The van der Waals surface area contributed by atoms with Crippen LogP contribution in [0.1, 0.15) is 12.6 Å². The largest absolute Gasteiger partial charge is 0.493 e. The molecule has 0 bridgehead atoms. The number of urea groups is 1. The van der Waals surface area contributed by atoms with Gasteiger partial charge in [0.15, 0.2) is 16.6 Å². The van der Waals surface area contributed by atoms with E-state index in [1.807, 2.05) is 0 Å². The number of methoxy groups -OCH3 is 2. The molecule has 1 aromatic heterocycles. The number of hydrogen-bond acceptors (Lipinski definition) is 7. The van der Waals surface area contributed by atoms with E-state index in [0.29, 0.717) is 54.2 Å². The van der Waals surface area contributed by atoms with Crippen molar-refractivity contribution in [3.8, 4) is 11.5 Å². The maximum absolute atomic E-state index is 12.4. The fourth-order valence-electron chi connectivity index (χ4n) is 3.12. The van der Waals surface area contributed by atoms with Crippen LogP contribution in [-0.2, 0) is 16.0 Å². The van der Waals surface area contributed by atoms with E-state index in [1.165, 1.54) is 25.4 Å². The molecule has 166 valence electrons. The normalized spacial score (nSPS) is 13.5. The van der Waals surface area contributed by atoms with Gasteiger partial charge in [0.25, 0.3) is 0 Å². The number of thiazole rings is 1. The molecule has 4 amide bonds. The molecule has 0 spiro atoms. The maximum atomic E-state index is 12.4. The summed E-state index contributed by atoms with van der Waals surface area (Å²) in [6.07, 6.45) is 0.0675. The summed E-state index contributed by atoms with van der Waals surface area (Å²) < 4.78 is 10.4. The first-order valence-corrected chi connectivity index (χ1v) is 10.5. The van der Waals surface area contributed by atoms with Crippen LogP contribution in [0.4, 0.5) is 15.6 Å². The molecule has 1 aliphatic heterocycles. The first kappa shape index (κ1) is 22.3. The standard InChI is InChI=1S/C20H25N5O5S/c1-13(26)24-6-8-25(9-7-24)20(28)23-19-22-15(12-31-19)11-18(27)21-14-4-5-16(29-2)17(10-14)30-3/h4-5,10,12H,6-9,11H2,1-3H3,(H,21,27)(H,22,23,28). The molecule has 1 aromatic carbocycles. The number of piperazine rings is 1. The van der Waals surface area contributed by atoms with E-state index >= 15 is 0 Å². The second kappa shape index (κ2) is 10.1. The van der Waals surface area contributed by atoms with Gasteiger partial charge in [0.2, 0.25) is 11.8 Å². The highest BCUT2D eigenvalue weighted by Gasteiger charge is 2.23. The number of carbonyl (C=O) groups excluding carboxylic acids is 3. The zero-order valence-electron chi connectivity index (χ0n) is 17.6.